The van der Waals surface area contributed by atoms with Gasteiger partial charge >= 0.3 is 5.97 Å². The van der Waals surface area contributed by atoms with Crippen LogP contribution in [-0.4, -0.2) is 22.4 Å². The maximum atomic E-state index is 11.1. The van der Waals surface area contributed by atoms with Gasteiger partial charge in [-0.1, -0.05) is 5.16 Å². The molecule has 6 heteroatoms. The molecule has 0 aliphatic carbocycles. The lowest BCUT2D eigenvalue weighted by molar-refractivity contribution is -0.146. The molecule has 1 rings (SSSR count). The normalized spacial score (nSPS) is 10.4. The van der Waals surface area contributed by atoms with Crippen LogP contribution in [0.15, 0.2) is 4.63 Å². The summed E-state index contributed by atoms with van der Waals surface area (Å²) in [5, 5.41) is 6.78. The Morgan fingerprint density at radius 1 is 1.62 bits per heavy atom. The quantitative estimate of drug-likeness (QED) is 0.674. The minimum Gasteiger partial charge on any atom is -0.463 e. The second kappa shape index (κ2) is 3.88. The third-order valence-electron chi connectivity index (χ3n) is 1.26. The lowest BCUT2D eigenvalue weighted by Crippen LogP contribution is -2.14. The number of aromatic nitrogens is 2. The summed E-state index contributed by atoms with van der Waals surface area (Å²) in [4.78, 5) is 11.1. The fourth-order valence-corrected chi connectivity index (χ4v) is 0.777. The average molecular weight is 185 g/mol. The summed E-state index contributed by atoms with van der Waals surface area (Å²) in [6.07, 6.45) is -0.151. The summed E-state index contributed by atoms with van der Waals surface area (Å²) >= 11 is 0. The van der Waals surface area contributed by atoms with Crippen LogP contribution >= 0.6 is 0 Å². The van der Waals surface area contributed by atoms with E-state index in [4.69, 9.17) is 10.5 Å². The number of nitrogen functional groups attached to an aromatic ring is 1. The van der Waals surface area contributed by atoms with E-state index in [2.05, 4.69) is 14.9 Å². The van der Waals surface area contributed by atoms with E-state index in [-0.39, 0.29) is 18.3 Å². The first kappa shape index (κ1) is 9.50. The summed E-state index contributed by atoms with van der Waals surface area (Å²) in [5.41, 5.74) is 5.66. The van der Waals surface area contributed by atoms with Crippen molar-refractivity contribution < 1.29 is 14.2 Å². The lowest BCUT2D eigenvalue weighted by Gasteiger charge is -2.05. The number of rotatable bonds is 3. The molecule has 0 unspecified atom stereocenters. The molecule has 0 aromatic carbocycles. The number of nitrogens with zero attached hydrogens (tertiary/aromatic N) is 2. The van der Waals surface area contributed by atoms with Crippen molar-refractivity contribution in [2.75, 3.05) is 5.73 Å². The lowest BCUT2D eigenvalue weighted by atomic mass is 10.3. The molecule has 13 heavy (non-hydrogen) atoms. The van der Waals surface area contributed by atoms with Gasteiger partial charge in [0.1, 0.15) is 5.69 Å². The molecule has 0 saturated carbocycles. The summed E-state index contributed by atoms with van der Waals surface area (Å²) in [6.45, 7) is 3.53. The van der Waals surface area contributed by atoms with E-state index in [1.54, 1.807) is 13.8 Å². The molecule has 0 saturated heterocycles. The topological polar surface area (TPSA) is 91.2 Å². The van der Waals surface area contributed by atoms with Crippen molar-refractivity contribution in [1.29, 1.82) is 0 Å². The van der Waals surface area contributed by atoms with Crippen molar-refractivity contribution in [3.63, 3.8) is 0 Å². The van der Waals surface area contributed by atoms with Crippen molar-refractivity contribution >= 4 is 11.8 Å². The minimum atomic E-state index is -0.391. The molecule has 0 atom stereocenters. The number of carbonyl (C=O) groups is 1. The highest BCUT2D eigenvalue weighted by molar-refractivity contribution is 5.73. The smallest absolute Gasteiger partial charge is 0.312 e. The number of carbonyl (C=O) groups excluding carboxylic acids is 1. The molecule has 6 nitrogen and oxygen atoms in total. The third kappa shape index (κ3) is 2.73. The average Bonchev–Trinajstić information content (AvgIpc) is 2.34. The highest BCUT2D eigenvalue weighted by Crippen LogP contribution is 2.06. The molecule has 0 radical (unpaired) electrons. The number of anilines is 1. The SMILES string of the molecule is CC(C)OC(=O)Cc1nonc1N. The Hall–Kier alpha value is -1.59. The van der Waals surface area contributed by atoms with Crippen LogP contribution in [0.1, 0.15) is 19.5 Å². The minimum absolute atomic E-state index is 0.00644. The molecule has 0 spiro atoms. The largest absolute Gasteiger partial charge is 0.463 e. The Balaban J connectivity index is 2.50. The molecule has 0 aliphatic rings. The zero-order chi connectivity index (χ0) is 9.84. The molecule has 0 aliphatic heterocycles. The van der Waals surface area contributed by atoms with Gasteiger partial charge in [-0.15, -0.1) is 0 Å². The van der Waals surface area contributed by atoms with Gasteiger partial charge in [0, 0.05) is 0 Å². The molecule has 1 heterocycles. The highest BCUT2D eigenvalue weighted by Gasteiger charge is 2.13. The Labute approximate surface area is 75.0 Å². The summed E-state index contributed by atoms with van der Waals surface area (Å²) < 4.78 is 9.19. The Kier molecular flexibility index (Phi) is 2.84. The molecular weight excluding hydrogens is 174 g/mol. The number of ether oxygens (including phenoxy) is 1. The molecule has 72 valence electrons. The van der Waals surface area contributed by atoms with E-state index >= 15 is 0 Å². The van der Waals surface area contributed by atoms with Crippen LogP contribution in [-0.2, 0) is 16.0 Å². The van der Waals surface area contributed by atoms with Crippen molar-refractivity contribution in [1.82, 2.24) is 10.3 Å². The van der Waals surface area contributed by atoms with Crippen LogP contribution in [0, 0.1) is 0 Å². The van der Waals surface area contributed by atoms with Gasteiger partial charge in [0.25, 0.3) is 0 Å². The molecule has 0 amide bonds. The van der Waals surface area contributed by atoms with Crippen LogP contribution in [0.5, 0.6) is 0 Å². The van der Waals surface area contributed by atoms with Gasteiger partial charge in [0.05, 0.1) is 12.5 Å². The van der Waals surface area contributed by atoms with Crippen LogP contribution in [0.3, 0.4) is 0 Å². The van der Waals surface area contributed by atoms with Gasteiger partial charge in [-0.25, -0.2) is 4.63 Å². The number of esters is 1. The number of hydrogen-bond donors (Lipinski definition) is 1. The van der Waals surface area contributed by atoms with E-state index in [1.165, 1.54) is 0 Å². The molecule has 0 fully saturated rings. The van der Waals surface area contributed by atoms with Crippen molar-refractivity contribution in [2.24, 2.45) is 0 Å². The van der Waals surface area contributed by atoms with Crippen molar-refractivity contribution in [3.05, 3.63) is 5.69 Å². The van der Waals surface area contributed by atoms with Gasteiger partial charge in [0.15, 0.2) is 5.82 Å². The zero-order valence-corrected chi connectivity index (χ0v) is 7.48. The highest BCUT2D eigenvalue weighted by atomic mass is 16.6. The first-order chi connectivity index (χ1) is 6.09. The fraction of sp³-hybridized carbons (Fsp3) is 0.571. The maximum Gasteiger partial charge on any atom is 0.312 e. The molecule has 1 aromatic heterocycles. The van der Waals surface area contributed by atoms with Crippen LogP contribution in [0.25, 0.3) is 0 Å². The second-order valence-electron chi connectivity index (χ2n) is 2.81. The van der Waals surface area contributed by atoms with E-state index < -0.39 is 5.97 Å². The van der Waals surface area contributed by atoms with Gasteiger partial charge in [0.2, 0.25) is 0 Å². The molecule has 2 N–H and O–H groups in total. The van der Waals surface area contributed by atoms with Crippen LogP contribution in [0.2, 0.25) is 0 Å². The zero-order valence-electron chi connectivity index (χ0n) is 7.48. The van der Waals surface area contributed by atoms with E-state index in [9.17, 15) is 4.79 Å². The summed E-state index contributed by atoms with van der Waals surface area (Å²) in [6, 6.07) is 0. The second-order valence-corrected chi connectivity index (χ2v) is 2.81. The number of nitrogens with two attached hydrogens (primary N) is 1. The Morgan fingerprint density at radius 3 is 2.77 bits per heavy atom. The Bertz CT molecular complexity index is 295. The predicted octanol–water partition coefficient (Wildman–Crippen LogP) is 0.146. The third-order valence-corrected chi connectivity index (χ3v) is 1.26. The van der Waals surface area contributed by atoms with E-state index in [0.717, 1.165) is 0 Å². The molecule has 1 aromatic rings. The first-order valence-corrected chi connectivity index (χ1v) is 3.86. The summed E-state index contributed by atoms with van der Waals surface area (Å²) in [7, 11) is 0. The van der Waals surface area contributed by atoms with Crippen molar-refractivity contribution in [2.45, 2.75) is 26.4 Å². The molecular formula is C7H11N3O3. The predicted molar refractivity (Wildman–Crippen MR) is 43.6 cm³/mol. The van der Waals surface area contributed by atoms with Crippen LogP contribution in [0.4, 0.5) is 5.82 Å². The molecule has 0 bridgehead atoms. The first-order valence-electron chi connectivity index (χ1n) is 3.86. The fourth-order valence-electron chi connectivity index (χ4n) is 0.777. The monoisotopic (exact) mass is 185 g/mol. The van der Waals surface area contributed by atoms with Gasteiger partial charge in [-0.3, -0.25) is 4.79 Å². The van der Waals surface area contributed by atoms with Gasteiger partial charge in [-0.2, -0.15) is 0 Å². The van der Waals surface area contributed by atoms with Gasteiger partial charge in [-0.05, 0) is 19.0 Å². The maximum absolute atomic E-state index is 11.1. The van der Waals surface area contributed by atoms with E-state index in [0.29, 0.717) is 5.69 Å². The van der Waals surface area contributed by atoms with Crippen molar-refractivity contribution in [3.8, 4) is 0 Å². The van der Waals surface area contributed by atoms with E-state index in [1.807, 2.05) is 0 Å². The standard InChI is InChI=1S/C7H11N3O3/c1-4(2)12-6(11)3-5-7(8)10-13-9-5/h4H,3H2,1-2H3,(H2,8,10). The Morgan fingerprint density at radius 2 is 2.31 bits per heavy atom. The number of hydrogen-bond acceptors (Lipinski definition) is 6. The van der Waals surface area contributed by atoms with Gasteiger partial charge < -0.3 is 10.5 Å². The summed E-state index contributed by atoms with van der Waals surface area (Å²) in [5.74, 6) is -0.266. The van der Waals surface area contributed by atoms with Crippen LogP contribution < -0.4 is 5.73 Å².